The van der Waals surface area contributed by atoms with Gasteiger partial charge in [0.25, 0.3) is 0 Å². The lowest BCUT2D eigenvalue weighted by Crippen LogP contribution is -2.45. The Kier molecular flexibility index (Phi) is 11.3. The van der Waals surface area contributed by atoms with Crippen molar-refractivity contribution in [1.29, 1.82) is 0 Å². The van der Waals surface area contributed by atoms with E-state index in [1.54, 1.807) is 0 Å². The van der Waals surface area contributed by atoms with Gasteiger partial charge in [-0.25, -0.2) is 0 Å². The average Bonchev–Trinajstić information content (AvgIpc) is 3.31. The van der Waals surface area contributed by atoms with Gasteiger partial charge in [-0.15, -0.1) is 0 Å². The largest absolute Gasteiger partial charge is 0.389 e. The maximum absolute atomic E-state index is 12.3. The van der Waals surface area contributed by atoms with Crippen LogP contribution in [0.1, 0.15) is 84.0 Å². The average molecular weight is 524 g/mol. The van der Waals surface area contributed by atoms with Gasteiger partial charge in [0.2, 0.25) is 12.3 Å². The Morgan fingerprint density at radius 1 is 1.00 bits per heavy atom. The van der Waals surface area contributed by atoms with E-state index in [9.17, 15) is 22.8 Å². The van der Waals surface area contributed by atoms with Crippen LogP contribution in [0.15, 0.2) is 36.4 Å². The third-order valence-corrected chi connectivity index (χ3v) is 8.27. The van der Waals surface area contributed by atoms with Crippen LogP contribution in [-0.4, -0.2) is 77.0 Å². The molecule has 1 spiro atoms. The van der Waals surface area contributed by atoms with Crippen molar-refractivity contribution >= 4 is 12.3 Å². The maximum atomic E-state index is 12.3. The van der Waals surface area contributed by atoms with Gasteiger partial charge in [-0.1, -0.05) is 43.3 Å². The molecule has 37 heavy (non-hydrogen) atoms. The number of nitrogens with zero attached hydrogens (tertiary/aromatic N) is 3. The lowest BCUT2D eigenvalue weighted by Gasteiger charge is -2.37. The Labute approximate surface area is 220 Å². The highest BCUT2D eigenvalue weighted by Gasteiger charge is 2.50. The minimum absolute atomic E-state index is 0.168. The molecule has 1 unspecified atom stereocenters. The third-order valence-electron chi connectivity index (χ3n) is 8.27. The van der Waals surface area contributed by atoms with E-state index in [4.69, 9.17) is 0 Å². The van der Waals surface area contributed by atoms with Gasteiger partial charge in [-0.3, -0.25) is 9.59 Å². The van der Waals surface area contributed by atoms with Crippen LogP contribution in [0.4, 0.5) is 13.2 Å². The summed E-state index contributed by atoms with van der Waals surface area (Å²) in [7, 11) is 0. The second kappa shape index (κ2) is 14.2. The predicted molar refractivity (Wildman–Crippen MR) is 140 cm³/mol. The van der Waals surface area contributed by atoms with Crippen molar-refractivity contribution in [3.05, 3.63) is 36.4 Å². The van der Waals surface area contributed by atoms with Gasteiger partial charge < -0.3 is 14.7 Å². The van der Waals surface area contributed by atoms with Crippen LogP contribution in [0.2, 0.25) is 0 Å². The molecule has 208 valence electrons. The molecule has 2 amide bonds. The number of carbonyl (C=O) groups excluding carboxylic acids is 2. The molecule has 8 heteroatoms. The van der Waals surface area contributed by atoms with E-state index >= 15 is 0 Å². The van der Waals surface area contributed by atoms with Crippen molar-refractivity contribution in [3.8, 4) is 0 Å². The minimum Gasteiger partial charge on any atom is -0.340 e. The van der Waals surface area contributed by atoms with Crippen molar-refractivity contribution in [3.63, 3.8) is 0 Å². The second-order valence-corrected chi connectivity index (χ2v) is 10.8. The zero-order valence-corrected chi connectivity index (χ0v) is 22.3. The topological polar surface area (TPSA) is 43.9 Å². The quantitative estimate of drug-likeness (QED) is 0.427. The van der Waals surface area contributed by atoms with Gasteiger partial charge in [0, 0.05) is 43.6 Å². The van der Waals surface area contributed by atoms with Crippen LogP contribution in [0, 0.1) is 0 Å². The SMILES string of the molecule is CCN(CCCC(F)(F)F)C1CCCC(=O)N2CCC[C@@H]2C1.O=CN1CCCC12CC2.c1ccccc1. The first-order valence-corrected chi connectivity index (χ1v) is 14.1. The van der Waals surface area contributed by atoms with Crippen molar-refractivity contribution in [2.45, 2.75) is 108 Å². The fourth-order valence-corrected chi connectivity index (χ4v) is 6.08. The number of fused-ring (bicyclic) bond motifs is 1. The number of benzene rings is 1. The molecular weight excluding hydrogens is 479 g/mol. The number of hydrogen-bond acceptors (Lipinski definition) is 3. The van der Waals surface area contributed by atoms with Crippen LogP contribution in [0.25, 0.3) is 0 Å². The summed E-state index contributed by atoms with van der Waals surface area (Å²) in [5.41, 5.74) is 0.377. The lowest BCUT2D eigenvalue weighted by atomic mass is 9.95. The molecule has 5 nitrogen and oxygen atoms in total. The molecule has 0 N–H and O–H groups in total. The van der Waals surface area contributed by atoms with E-state index in [1.807, 2.05) is 53.1 Å². The molecule has 3 heterocycles. The molecule has 4 aliphatic rings. The Bertz CT molecular complexity index is 790. The zero-order chi connectivity index (χ0) is 26.7. The van der Waals surface area contributed by atoms with Gasteiger partial charge in [0.1, 0.15) is 0 Å². The first-order valence-electron chi connectivity index (χ1n) is 14.1. The van der Waals surface area contributed by atoms with Crippen molar-refractivity contribution in [2.75, 3.05) is 26.2 Å². The van der Waals surface area contributed by atoms with Crippen LogP contribution in [0.3, 0.4) is 0 Å². The number of halogens is 3. The number of likely N-dealkylation sites (tertiary alicyclic amines) is 1. The van der Waals surface area contributed by atoms with Crippen LogP contribution < -0.4 is 0 Å². The fourth-order valence-electron chi connectivity index (χ4n) is 6.08. The smallest absolute Gasteiger partial charge is 0.340 e. The molecule has 1 saturated carbocycles. The van der Waals surface area contributed by atoms with Gasteiger partial charge in [0.15, 0.2) is 0 Å². The Morgan fingerprint density at radius 3 is 2.22 bits per heavy atom. The lowest BCUT2D eigenvalue weighted by molar-refractivity contribution is -0.137. The van der Waals surface area contributed by atoms with Gasteiger partial charge in [0.05, 0.1) is 0 Å². The zero-order valence-electron chi connectivity index (χ0n) is 22.3. The molecule has 0 bridgehead atoms. The molecule has 2 atom stereocenters. The van der Waals surface area contributed by atoms with Crippen molar-refractivity contribution < 1.29 is 22.8 Å². The van der Waals surface area contributed by atoms with Crippen LogP contribution in [-0.2, 0) is 9.59 Å². The summed E-state index contributed by atoms with van der Waals surface area (Å²) >= 11 is 0. The summed E-state index contributed by atoms with van der Waals surface area (Å²) in [6, 6.07) is 12.6. The predicted octanol–water partition coefficient (Wildman–Crippen LogP) is 6.04. The summed E-state index contributed by atoms with van der Waals surface area (Å²) in [4.78, 5) is 28.6. The molecule has 1 aromatic rings. The van der Waals surface area contributed by atoms with Gasteiger partial charge >= 0.3 is 6.18 Å². The van der Waals surface area contributed by atoms with Gasteiger partial charge in [-0.2, -0.15) is 13.2 Å². The Balaban J connectivity index is 0.000000203. The van der Waals surface area contributed by atoms with E-state index in [2.05, 4.69) is 4.90 Å². The molecule has 4 fully saturated rings. The Hall–Kier alpha value is -2.09. The van der Waals surface area contributed by atoms with Crippen molar-refractivity contribution in [1.82, 2.24) is 14.7 Å². The van der Waals surface area contributed by atoms with E-state index in [0.29, 0.717) is 30.6 Å². The summed E-state index contributed by atoms with van der Waals surface area (Å²) in [5, 5.41) is 0. The third kappa shape index (κ3) is 9.31. The van der Waals surface area contributed by atoms with Crippen molar-refractivity contribution in [2.24, 2.45) is 0 Å². The number of rotatable bonds is 6. The first-order chi connectivity index (χ1) is 17.8. The van der Waals surface area contributed by atoms with Gasteiger partial charge in [-0.05, 0) is 77.3 Å². The molecular formula is C29H44F3N3O2. The van der Waals surface area contributed by atoms with E-state index < -0.39 is 12.6 Å². The maximum Gasteiger partial charge on any atom is 0.389 e. The highest BCUT2D eigenvalue weighted by atomic mass is 19.4. The molecule has 3 aliphatic heterocycles. The first kappa shape index (κ1) is 29.5. The highest BCUT2D eigenvalue weighted by molar-refractivity contribution is 5.76. The van der Waals surface area contributed by atoms with E-state index in [0.717, 1.165) is 58.1 Å². The molecule has 5 rings (SSSR count). The number of alkyl halides is 3. The second-order valence-electron chi connectivity index (χ2n) is 10.8. The van der Waals surface area contributed by atoms with E-state index in [1.165, 1.54) is 25.7 Å². The molecule has 0 aromatic heterocycles. The normalized spacial score (nSPS) is 24.4. The van der Waals surface area contributed by atoms with Crippen LogP contribution >= 0.6 is 0 Å². The fraction of sp³-hybridized carbons (Fsp3) is 0.724. The summed E-state index contributed by atoms with van der Waals surface area (Å²) < 4.78 is 37.0. The molecule has 1 aliphatic carbocycles. The molecule has 1 aromatic carbocycles. The minimum atomic E-state index is -4.06. The highest BCUT2D eigenvalue weighted by Crippen LogP contribution is 2.48. The summed E-state index contributed by atoms with van der Waals surface area (Å²) in [6.07, 6.45) is 6.80. The molecule has 0 radical (unpaired) electrons. The Morgan fingerprint density at radius 2 is 1.68 bits per heavy atom. The summed E-state index contributed by atoms with van der Waals surface area (Å²) in [5.74, 6) is 0.265. The van der Waals surface area contributed by atoms with Crippen LogP contribution in [0.5, 0.6) is 0 Å². The van der Waals surface area contributed by atoms with E-state index in [-0.39, 0.29) is 12.3 Å². The monoisotopic (exact) mass is 523 g/mol. The summed E-state index contributed by atoms with van der Waals surface area (Å²) in [6.45, 7) is 5.16. The number of hydrogen-bond donors (Lipinski definition) is 0. The number of amides is 2. The number of carbonyl (C=O) groups is 2. The standard InChI is InChI=1S/C16H27F3N2O.C7H11NO.C6H6/c1-2-20(10-5-9-16(17,18)19)13-6-3-8-15(22)21-11-4-7-14(21)12-13;9-6-8-5-1-2-7(8)3-4-7;1-2-4-6-5-3-1/h13-14H,2-12H2,1H3;6H,1-5H2;1-6H/t13?,14-;;/m1../s1. The molecule has 3 saturated heterocycles.